The Balaban J connectivity index is 1.96. The Morgan fingerprint density at radius 3 is 2.45 bits per heavy atom. The van der Waals surface area contributed by atoms with Crippen LogP contribution in [-0.2, 0) is 4.79 Å². The quantitative estimate of drug-likeness (QED) is 0.821. The van der Waals surface area contributed by atoms with Crippen molar-refractivity contribution in [1.29, 1.82) is 0 Å². The summed E-state index contributed by atoms with van der Waals surface area (Å²) in [5, 5.41) is 6.60. The molecule has 0 atom stereocenters. The van der Waals surface area contributed by atoms with Crippen molar-refractivity contribution in [2.75, 3.05) is 5.01 Å². The van der Waals surface area contributed by atoms with E-state index in [1.165, 1.54) is 5.01 Å². The van der Waals surface area contributed by atoms with E-state index in [-0.39, 0.29) is 12.3 Å². The van der Waals surface area contributed by atoms with E-state index in [9.17, 15) is 4.79 Å². The van der Waals surface area contributed by atoms with Crippen LogP contribution in [0.15, 0.2) is 53.6 Å². The summed E-state index contributed by atoms with van der Waals surface area (Å²) in [5.41, 5.74) is 2.32. The van der Waals surface area contributed by atoms with E-state index in [0.29, 0.717) is 15.7 Å². The molecule has 100 valence electrons. The summed E-state index contributed by atoms with van der Waals surface area (Å²) in [5.74, 6) is -0.0813. The third-order valence-corrected chi connectivity index (χ3v) is 3.77. The number of carbonyl (C=O) groups is 1. The molecule has 2 aromatic carbocycles. The van der Waals surface area contributed by atoms with E-state index in [2.05, 4.69) is 5.10 Å². The van der Waals surface area contributed by atoms with Crippen molar-refractivity contribution < 1.29 is 4.79 Å². The molecule has 0 bridgehead atoms. The molecule has 1 heterocycles. The van der Waals surface area contributed by atoms with Gasteiger partial charge in [0.15, 0.2) is 0 Å². The van der Waals surface area contributed by atoms with Gasteiger partial charge in [-0.2, -0.15) is 5.10 Å². The summed E-state index contributed by atoms with van der Waals surface area (Å²) < 4.78 is 0. The zero-order valence-electron chi connectivity index (χ0n) is 10.4. The van der Waals surface area contributed by atoms with Crippen molar-refractivity contribution in [3.05, 3.63) is 64.1 Å². The number of hydrazone groups is 1. The Bertz CT molecular complexity index is 698. The van der Waals surface area contributed by atoms with E-state index in [0.717, 1.165) is 11.3 Å². The number of hydrogen-bond donors (Lipinski definition) is 0. The minimum atomic E-state index is -0.0813. The molecule has 0 aliphatic carbocycles. The van der Waals surface area contributed by atoms with Crippen LogP contribution in [0.4, 0.5) is 5.69 Å². The molecule has 0 radical (unpaired) electrons. The molecule has 5 heteroatoms. The molecule has 1 aliphatic heterocycles. The second-order valence-corrected chi connectivity index (χ2v) is 5.21. The van der Waals surface area contributed by atoms with E-state index >= 15 is 0 Å². The topological polar surface area (TPSA) is 32.7 Å². The molecular formula is C15H10Cl2N2O. The van der Waals surface area contributed by atoms with Crippen LogP contribution in [-0.4, -0.2) is 11.6 Å². The Morgan fingerprint density at radius 1 is 1.00 bits per heavy atom. The molecule has 1 aliphatic rings. The fourth-order valence-corrected chi connectivity index (χ4v) is 2.33. The first-order valence-electron chi connectivity index (χ1n) is 6.06. The van der Waals surface area contributed by atoms with Crippen LogP contribution < -0.4 is 5.01 Å². The minimum absolute atomic E-state index is 0.0813. The summed E-state index contributed by atoms with van der Waals surface area (Å²) in [4.78, 5) is 12.1. The number of hydrogen-bond acceptors (Lipinski definition) is 2. The molecule has 3 rings (SSSR count). The zero-order valence-corrected chi connectivity index (χ0v) is 11.9. The molecule has 0 unspecified atom stereocenters. The van der Waals surface area contributed by atoms with E-state index in [4.69, 9.17) is 23.2 Å². The van der Waals surface area contributed by atoms with Crippen LogP contribution in [0.1, 0.15) is 12.0 Å². The Kier molecular flexibility index (Phi) is 3.47. The number of carbonyl (C=O) groups excluding carboxylic acids is 1. The van der Waals surface area contributed by atoms with Gasteiger partial charge in [0.1, 0.15) is 0 Å². The molecule has 2 aromatic rings. The maximum atomic E-state index is 12.1. The van der Waals surface area contributed by atoms with Gasteiger partial charge in [-0.3, -0.25) is 4.79 Å². The van der Waals surface area contributed by atoms with Gasteiger partial charge in [-0.25, -0.2) is 5.01 Å². The number of halogens is 2. The maximum Gasteiger partial charge on any atom is 0.253 e. The summed E-state index contributed by atoms with van der Waals surface area (Å²) in [6.07, 6.45) is 0.282. The Hall–Kier alpha value is -1.84. The standard InChI is InChI=1S/C15H10Cl2N2O/c16-12-7-6-11(8-13(12)17)19-15(20)9-14(18-19)10-4-2-1-3-5-10/h1-8H,9H2. The Morgan fingerprint density at radius 2 is 1.75 bits per heavy atom. The number of anilines is 1. The van der Waals surface area contributed by atoms with Crippen LogP contribution in [0.25, 0.3) is 0 Å². The summed E-state index contributed by atoms with van der Waals surface area (Å²) in [6.45, 7) is 0. The van der Waals surface area contributed by atoms with Gasteiger partial charge in [-0.1, -0.05) is 53.5 Å². The van der Waals surface area contributed by atoms with Gasteiger partial charge in [0.2, 0.25) is 0 Å². The normalized spacial score (nSPS) is 14.6. The highest BCUT2D eigenvalue weighted by molar-refractivity contribution is 6.42. The molecule has 0 N–H and O–H groups in total. The van der Waals surface area contributed by atoms with Crippen molar-refractivity contribution in [3.63, 3.8) is 0 Å². The molecular weight excluding hydrogens is 295 g/mol. The van der Waals surface area contributed by atoms with Gasteiger partial charge in [-0.15, -0.1) is 0 Å². The van der Waals surface area contributed by atoms with E-state index in [1.807, 2.05) is 30.3 Å². The highest BCUT2D eigenvalue weighted by Crippen LogP contribution is 2.29. The summed E-state index contributed by atoms with van der Waals surface area (Å²) in [7, 11) is 0. The molecule has 0 spiro atoms. The van der Waals surface area contributed by atoms with Crippen LogP contribution in [0.5, 0.6) is 0 Å². The SMILES string of the molecule is O=C1CC(c2ccccc2)=NN1c1ccc(Cl)c(Cl)c1. The molecule has 0 saturated carbocycles. The molecule has 20 heavy (non-hydrogen) atoms. The maximum absolute atomic E-state index is 12.1. The second kappa shape index (κ2) is 5.27. The monoisotopic (exact) mass is 304 g/mol. The van der Waals surface area contributed by atoms with Crippen molar-refractivity contribution in [2.24, 2.45) is 5.10 Å². The number of nitrogens with zero attached hydrogens (tertiary/aromatic N) is 2. The van der Waals surface area contributed by atoms with Crippen molar-refractivity contribution in [2.45, 2.75) is 6.42 Å². The predicted octanol–water partition coefficient (Wildman–Crippen LogP) is 4.13. The average Bonchev–Trinajstić information content (AvgIpc) is 2.85. The molecule has 0 saturated heterocycles. The lowest BCUT2D eigenvalue weighted by Crippen LogP contribution is -2.19. The first-order valence-corrected chi connectivity index (χ1v) is 6.81. The van der Waals surface area contributed by atoms with Crippen LogP contribution in [0, 0.1) is 0 Å². The number of amides is 1. The third kappa shape index (κ3) is 2.42. The largest absolute Gasteiger partial charge is 0.272 e. The van der Waals surface area contributed by atoms with Crippen LogP contribution in [0.3, 0.4) is 0 Å². The van der Waals surface area contributed by atoms with Gasteiger partial charge >= 0.3 is 0 Å². The van der Waals surface area contributed by atoms with Crippen molar-refractivity contribution in [3.8, 4) is 0 Å². The van der Waals surface area contributed by atoms with Crippen LogP contribution in [0.2, 0.25) is 10.0 Å². The average molecular weight is 305 g/mol. The first kappa shape index (κ1) is 13.2. The van der Waals surface area contributed by atoms with Gasteiger partial charge in [0.25, 0.3) is 5.91 Å². The smallest absolute Gasteiger partial charge is 0.253 e. The lowest BCUT2D eigenvalue weighted by atomic mass is 10.1. The third-order valence-electron chi connectivity index (χ3n) is 3.03. The molecule has 0 fully saturated rings. The Labute approximate surface area is 126 Å². The van der Waals surface area contributed by atoms with Crippen LogP contribution >= 0.6 is 23.2 Å². The van der Waals surface area contributed by atoms with Crippen molar-refractivity contribution in [1.82, 2.24) is 0 Å². The summed E-state index contributed by atoms with van der Waals surface area (Å²) >= 11 is 11.9. The fraction of sp³-hybridized carbons (Fsp3) is 0.0667. The number of benzene rings is 2. The van der Waals surface area contributed by atoms with Crippen molar-refractivity contribution >= 4 is 40.5 Å². The van der Waals surface area contributed by atoms with Gasteiger partial charge in [0, 0.05) is 0 Å². The highest BCUT2D eigenvalue weighted by atomic mass is 35.5. The van der Waals surface area contributed by atoms with Gasteiger partial charge in [0.05, 0.1) is 27.9 Å². The first-order chi connectivity index (χ1) is 9.65. The summed E-state index contributed by atoms with van der Waals surface area (Å²) in [6, 6.07) is 14.7. The number of rotatable bonds is 2. The molecule has 0 aromatic heterocycles. The van der Waals surface area contributed by atoms with Gasteiger partial charge in [-0.05, 0) is 23.8 Å². The lowest BCUT2D eigenvalue weighted by Gasteiger charge is -2.12. The minimum Gasteiger partial charge on any atom is -0.272 e. The highest BCUT2D eigenvalue weighted by Gasteiger charge is 2.26. The van der Waals surface area contributed by atoms with E-state index < -0.39 is 0 Å². The van der Waals surface area contributed by atoms with Gasteiger partial charge < -0.3 is 0 Å². The molecule has 1 amide bonds. The van der Waals surface area contributed by atoms with E-state index in [1.54, 1.807) is 18.2 Å². The second-order valence-electron chi connectivity index (χ2n) is 4.39. The fourth-order valence-electron chi connectivity index (χ4n) is 2.04. The zero-order chi connectivity index (χ0) is 14.1. The lowest BCUT2D eigenvalue weighted by molar-refractivity contribution is -0.116. The molecule has 3 nitrogen and oxygen atoms in total. The predicted molar refractivity (Wildman–Crippen MR) is 81.5 cm³/mol.